The summed E-state index contributed by atoms with van der Waals surface area (Å²) in [6, 6.07) is 4.54. The van der Waals surface area contributed by atoms with Crippen molar-refractivity contribution in [2.45, 2.75) is 45.8 Å². The molecule has 3 nitrogen and oxygen atoms in total. The maximum absolute atomic E-state index is 13.5. The fourth-order valence-corrected chi connectivity index (χ4v) is 1.89. The lowest BCUT2D eigenvalue weighted by Gasteiger charge is -2.15. The summed E-state index contributed by atoms with van der Waals surface area (Å²) in [6.07, 6.45) is 0.361. The van der Waals surface area contributed by atoms with Gasteiger partial charge in [-0.3, -0.25) is 4.79 Å². The fraction of sp³-hybridized carbons (Fsp3) is 0.500. The zero-order chi connectivity index (χ0) is 14.4. The van der Waals surface area contributed by atoms with Crippen LogP contribution in [0.4, 0.5) is 4.39 Å². The first-order valence-corrected chi connectivity index (χ1v) is 6.73. The van der Waals surface area contributed by atoms with Gasteiger partial charge in [0.2, 0.25) is 5.91 Å². The van der Waals surface area contributed by atoms with Crippen molar-refractivity contribution in [3.05, 3.63) is 34.6 Å². The van der Waals surface area contributed by atoms with Crippen molar-refractivity contribution in [3.8, 4) is 0 Å². The van der Waals surface area contributed by atoms with Crippen LogP contribution in [-0.4, -0.2) is 18.0 Å². The van der Waals surface area contributed by atoms with Crippen molar-refractivity contribution in [3.63, 3.8) is 0 Å². The van der Waals surface area contributed by atoms with Crippen molar-refractivity contribution in [1.29, 1.82) is 0 Å². The molecule has 0 saturated heterocycles. The second kappa shape index (κ2) is 7.46. The molecule has 1 atom stereocenters. The van der Waals surface area contributed by atoms with Crippen LogP contribution in [0.3, 0.4) is 0 Å². The van der Waals surface area contributed by atoms with Crippen molar-refractivity contribution in [2.24, 2.45) is 0 Å². The highest BCUT2D eigenvalue weighted by molar-refractivity contribution is 6.30. The number of benzene rings is 1. The summed E-state index contributed by atoms with van der Waals surface area (Å²) in [5.41, 5.74) is 0.503. The zero-order valence-corrected chi connectivity index (χ0v) is 12.2. The summed E-state index contributed by atoms with van der Waals surface area (Å²) in [6.45, 7) is 6.07. The van der Waals surface area contributed by atoms with Gasteiger partial charge in [-0.05, 0) is 39.0 Å². The third kappa shape index (κ3) is 6.03. The highest BCUT2D eigenvalue weighted by Gasteiger charge is 2.10. The molecule has 0 radical (unpaired) electrons. The van der Waals surface area contributed by atoms with E-state index in [9.17, 15) is 9.18 Å². The van der Waals surface area contributed by atoms with Crippen LogP contribution in [0, 0.1) is 5.82 Å². The molecule has 2 N–H and O–H groups in total. The minimum Gasteiger partial charge on any atom is -0.354 e. The number of rotatable bonds is 6. The summed E-state index contributed by atoms with van der Waals surface area (Å²) < 4.78 is 13.5. The highest BCUT2D eigenvalue weighted by atomic mass is 35.5. The molecule has 0 bridgehead atoms. The monoisotopic (exact) mass is 286 g/mol. The smallest absolute Gasteiger partial charge is 0.221 e. The lowest BCUT2D eigenvalue weighted by molar-refractivity contribution is -0.122. The normalized spacial score (nSPS) is 12.5. The standard InChI is InChI=1S/C14H20ClFN2O/c1-9(2)18-14(19)6-10(3)17-8-11-7-12(15)4-5-13(11)16/h4-5,7,9-10,17H,6,8H2,1-3H3,(H,18,19)/t10-/m1/s1. The predicted octanol–water partition coefficient (Wildman–Crippen LogP) is 2.87. The topological polar surface area (TPSA) is 41.1 Å². The molecule has 1 aromatic rings. The molecule has 5 heteroatoms. The summed E-state index contributed by atoms with van der Waals surface area (Å²) in [7, 11) is 0. The van der Waals surface area contributed by atoms with E-state index in [1.807, 2.05) is 20.8 Å². The Morgan fingerprint density at radius 1 is 1.37 bits per heavy atom. The Labute approximate surface area is 118 Å². The van der Waals surface area contributed by atoms with Crippen LogP contribution in [-0.2, 0) is 11.3 Å². The first-order chi connectivity index (χ1) is 8.88. The maximum atomic E-state index is 13.5. The molecule has 0 fully saturated rings. The lowest BCUT2D eigenvalue weighted by Crippen LogP contribution is -2.36. The van der Waals surface area contributed by atoms with E-state index in [4.69, 9.17) is 11.6 Å². The minimum atomic E-state index is -0.296. The lowest BCUT2D eigenvalue weighted by atomic mass is 10.1. The Kier molecular flexibility index (Phi) is 6.25. The van der Waals surface area contributed by atoms with Crippen LogP contribution < -0.4 is 10.6 Å². The molecular formula is C14H20ClFN2O. The van der Waals surface area contributed by atoms with Crippen LogP contribution in [0.5, 0.6) is 0 Å². The number of carbonyl (C=O) groups excluding carboxylic acids is 1. The second-order valence-electron chi connectivity index (χ2n) is 4.94. The number of hydrogen-bond donors (Lipinski definition) is 2. The predicted molar refractivity (Wildman–Crippen MR) is 75.6 cm³/mol. The number of halogens is 2. The molecule has 106 valence electrons. The Hall–Kier alpha value is -1.13. The molecule has 0 spiro atoms. The summed E-state index contributed by atoms with van der Waals surface area (Å²) in [4.78, 5) is 11.5. The Morgan fingerprint density at radius 2 is 2.05 bits per heavy atom. The summed E-state index contributed by atoms with van der Waals surface area (Å²) >= 11 is 5.82. The molecule has 0 heterocycles. The number of amides is 1. The summed E-state index contributed by atoms with van der Waals surface area (Å²) in [5, 5.41) is 6.43. The van der Waals surface area contributed by atoms with Gasteiger partial charge in [0.25, 0.3) is 0 Å². The van der Waals surface area contributed by atoms with Crippen LogP contribution in [0.1, 0.15) is 32.8 Å². The summed E-state index contributed by atoms with van der Waals surface area (Å²) in [5.74, 6) is -0.308. The number of carbonyl (C=O) groups is 1. The molecule has 0 aromatic heterocycles. The van der Waals surface area contributed by atoms with Crippen LogP contribution >= 0.6 is 11.6 Å². The van der Waals surface area contributed by atoms with Crippen molar-refractivity contribution in [2.75, 3.05) is 0 Å². The largest absolute Gasteiger partial charge is 0.354 e. The van der Waals surface area contributed by atoms with Gasteiger partial charge in [-0.25, -0.2) is 4.39 Å². The van der Waals surface area contributed by atoms with Crippen LogP contribution in [0.2, 0.25) is 5.02 Å². The fourth-order valence-electron chi connectivity index (χ4n) is 1.69. The van der Waals surface area contributed by atoms with E-state index in [1.54, 1.807) is 6.07 Å². The van der Waals surface area contributed by atoms with Gasteiger partial charge < -0.3 is 10.6 Å². The quantitative estimate of drug-likeness (QED) is 0.844. The maximum Gasteiger partial charge on any atom is 0.221 e. The SMILES string of the molecule is CC(C)NC(=O)C[C@@H](C)NCc1cc(Cl)ccc1F. The average Bonchev–Trinajstić information content (AvgIpc) is 2.29. The van der Waals surface area contributed by atoms with E-state index in [1.165, 1.54) is 12.1 Å². The van der Waals surface area contributed by atoms with Crippen molar-refractivity contribution < 1.29 is 9.18 Å². The minimum absolute atomic E-state index is 0.0124. The van der Waals surface area contributed by atoms with Gasteiger partial charge in [-0.2, -0.15) is 0 Å². The molecule has 1 rings (SSSR count). The van der Waals surface area contributed by atoms with E-state index in [0.717, 1.165) is 0 Å². The molecule has 19 heavy (non-hydrogen) atoms. The zero-order valence-electron chi connectivity index (χ0n) is 11.5. The van der Waals surface area contributed by atoms with Gasteiger partial charge >= 0.3 is 0 Å². The molecule has 0 unspecified atom stereocenters. The Morgan fingerprint density at radius 3 is 2.68 bits per heavy atom. The average molecular weight is 287 g/mol. The van der Waals surface area contributed by atoms with Gasteiger partial charge in [0.05, 0.1) is 0 Å². The molecule has 1 amide bonds. The van der Waals surface area contributed by atoms with Gasteiger partial charge in [0.15, 0.2) is 0 Å². The third-order valence-electron chi connectivity index (χ3n) is 2.59. The van der Waals surface area contributed by atoms with Gasteiger partial charge in [-0.1, -0.05) is 11.6 Å². The first kappa shape index (κ1) is 15.9. The van der Waals surface area contributed by atoms with Gasteiger partial charge in [0.1, 0.15) is 5.82 Å². The Balaban J connectivity index is 2.43. The van der Waals surface area contributed by atoms with Crippen molar-refractivity contribution >= 4 is 17.5 Å². The Bertz CT molecular complexity index is 437. The molecular weight excluding hydrogens is 267 g/mol. The van der Waals surface area contributed by atoms with Gasteiger partial charge in [0, 0.05) is 35.6 Å². The van der Waals surface area contributed by atoms with Gasteiger partial charge in [-0.15, -0.1) is 0 Å². The highest BCUT2D eigenvalue weighted by Crippen LogP contribution is 2.14. The first-order valence-electron chi connectivity index (χ1n) is 6.35. The number of nitrogens with one attached hydrogen (secondary N) is 2. The molecule has 0 aliphatic heterocycles. The number of hydrogen-bond acceptors (Lipinski definition) is 2. The second-order valence-corrected chi connectivity index (χ2v) is 5.38. The third-order valence-corrected chi connectivity index (χ3v) is 2.83. The molecule has 0 aliphatic carbocycles. The van der Waals surface area contributed by atoms with Crippen LogP contribution in [0.25, 0.3) is 0 Å². The van der Waals surface area contributed by atoms with E-state index >= 15 is 0 Å². The van der Waals surface area contributed by atoms with E-state index in [-0.39, 0.29) is 23.8 Å². The van der Waals surface area contributed by atoms with E-state index < -0.39 is 0 Å². The molecule has 1 aromatic carbocycles. The van der Waals surface area contributed by atoms with Crippen LogP contribution in [0.15, 0.2) is 18.2 Å². The van der Waals surface area contributed by atoms with E-state index in [0.29, 0.717) is 23.6 Å². The van der Waals surface area contributed by atoms with E-state index in [2.05, 4.69) is 10.6 Å². The molecule has 0 aliphatic rings. The molecule has 0 saturated carbocycles. The van der Waals surface area contributed by atoms with Crippen molar-refractivity contribution in [1.82, 2.24) is 10.6 Å².